The normalized spacial score (nSPS) is 11.3. The van der Waals surface area contributed by atoms with Crippen molar-refractivity contribution >= 4 is 34.2 Å². The number of aromatic nitrogens is 1. The molecule has 1 heterocycles. The molecule has 3 aromatic carbocycles. The summed E-state index contributed by atoms with van der Waals surface area (Å²) >= 11 is 0. The lowest BCUT2D eigenvalue weighted by molar-refractivity contribution is -0.384. The molecule has 0 saturated carbocycles. The van der Waals surface area contributed by atoms with Gasteiger partial charge in [0.05, 0.1) is 22.1 Å². The molecule has 4 aromatic rings. The van der Waals surface area contributed by atoms with Gasteiger partial charge in [-0.1, -0.05) is 42.5 Å². The average Bonchev–Trinajstić information content (AvgIpc) is 3.15. The predicted octanol–water partition coefficient (Wildman–Crippen LogP) is 5.36. The minimum atomic E-state index is -1.02. The Morgan fingerprint density at radius 2 is 1.69 bits per heavy atom. The van der Waals surface area contributed by atoms with Crippen molar-refractivity contribution in [2.45, 2.75) is 6.54 Å². The second-order valence-corrected chi connectivity index (χ2v) is 7.21. The maximum atomic E-state index is 11.1. The molecule has 7 heteroatoms. The summed E-state index contributed by atoms with van der Waals surface area (Å²) in [6.07, 6.45) is 3.72. The molecule has 0 amide bonds. The minimum absolute atomic E-state index is 0.0438. The molecule has 0 aliphatic rings. The van der Waals surface area contributed by atoms with Crippen LogP contribution in [0.2, 0.25) is 0 Å². The molecule has 0 aliphatic heterocycles. The lowest BCUT2D eigenvalue weighted by atomic mass is 10.0. The number of carbonyl (C=O) groups is 1. The Balaban J connectivity index is 1.72. The number of nitriles is 1. The Labute approximate surface area is 183 Å². The summed E-state index contributed by atoms with van der Waals surface area (Å²) in [5.74, 6) is -1.02. The van der Waals surface area contributed by atoms with Crippen LogP contribution in [0.5, 0.6) is 0 Å². The molecule has 0 fully saturated rings. The molecule has 0 atom stereocenters. The number of carboxylic acids is 1. The second-order valence-electron chi connectivity index (χ2n) is 7.21. The summed E-state index contributed by atoms with van der Waals surface area (Å²) in [6.45, 7) is 0.515. The molecular formula is C25H17N3O4. The number of nitro benzene ring substituents is 1. The first-order valence-electron chi connectivity index (χ1n) is 9.73. The van der Waals surface area contributed by atoms with E-state index >= 15 is 0 Å². The molecule has 156 valence electrons. The number of non-ortho nitro benzene ring substituents is 1. The van der Waals surface area contributed by atoms with Crippen LogP contribution in [0.3, 0.4) is 0 Å². The molecule has 0 aliphatic carbocycles. The van der Waals surface area contributed by atoms with Crippen molar-refractivity contribution in [1.29, 1.82) is 5.26 Å². The first-order chi connectivity index (χ1) is 15.5. The van der Waals surface area contributed by atoms with Crippen molar-refractivity contribution in [3.63, 3.8) is 0 Å². The van der Waals surface area contributed by atoms with Crippen LogP contribution in [0, 0.1) is 21.4 Å². The minimum Gasteiger partial charge on any atom is -0.478 e. The van der Waals surface area contributed by atoms with E-state index in [2.05, 4.69) is 6.07 Å². The highest BCUT2D eigenvalue weighted by atomic mass is 16.6. The number of aromatic carboxylic acids is 1. The van der Waals surface area contributed by atoms with Gasteiger partial charge in [0.2, 0.25) is 0 Å². The van der Waals surface area contributed by atoms with E-state index in [0.29, 0.717) is 17.7 Å². The fourth-order valence-corrected chi connectivity index (χ4v) is 3.57. The molecule has 1 aromatic heterocycles. The molecular weight excluding hydrogens is 406 g/mol. The van der Waals surface area contributed by atoms with Crippen LogP contribution in [0.25, 0.3) is 22.6 Å². The van der Waals surface area contributed by atoms with Crippen molar-refractivity contribution < 1.29 is 14.8 Å². The molecule has 7 nitrogen and oxygen atoms in total. The van der Waals surface area contributed by atoms with E-state index in [4.69, 9.17) is 5.11 Å². The van der Waals surface area contributed by atoms with E-state index in [0.717, 1.165) is 22.0 Å². The number of allylic oxidation sites excluding steroid dienone is 1. The molecule has 4 rings (SSSR count). The highest BCUT2D eigenvalue weighted by Gasteiger charge is 2.11. The van der Waals surface area contributed by atoms with Gasteiger partial charge in [-0.25, -0.2) is 4.79 Å². The van der Waals surface area contributed by atoms with E-state index in [-0.39, 0.29) is 11.3 Å². The lowest BCUT2D eigenvalue weighted by Gasteiger charge is -2.05. The number of benzene rings is 3. The Morgan fingerprint density at radius 3 is 2.31 bits per heavy atom. The lowest BCUT2D eigenvalue weighted by Crippen LogP contribution is -1.98. The quantitative estimate of drug-likeness (QED) is 0.255. The third-order valence-corrected chi connectivity index (χ3v) is 5.18. The van der Waals surface area contributed by atoms with E-state index in [1.165, 1.54) is 24.3 Å². The van der Waals surface area contributed by atoms with Gasteiger partial charge < -0.3 is 9.67 Å². The molecule has 0 bridgehead atoms. The van der Waals surface area contributed by atoms with Gasteiger partial charge in [-0.15, -0.1) is 0 Å². The number of hydrogen-bond acceptors (Lipinski definition) is 4. The van der Waals surface area contributed by atoms with Crippen molar-refractivity contribution in [3.8, 4) is 6.07 Å². The Kier molecular flexibility index (Phi) is 5.51. The SMILES string of the molecule is N#CC(=Cc1cn(Cc2ccc([N+](=O)[O-])cc2)c2ccccc12)c1ccc(C(=O)O)cc1. The molecule has 0 radical (unpaired) electrons. The van der Waals surface area contributed by atoms with Gasteiger partial charge in [0, 0.05) is 41.3 Å². The number of nitrogens with zero attached hydrogens (tertiary/aromatic N) is 3. The highest BCUT2D eigenvalue weighted by molar-refractivity contribution is 5.98. The van der Waals surface area contributed by atoms with E-state index in [1.54, 1.807) is 30.3 Å². The predicted molar refractivity (Wildman–Crippen MR) is 121 cm³/mol. The Bertz CT molecular complexity index is 1390. The third-order valence-electron chi connectivity index (χ3n) is 5.18. The van der Waals surface area contributed by atoms with Gasteiger partial charge in [0.25, 0.3) is 5.69 Å². The summed E-state index contributed by atoms with van der Waals surface area (Å²) in [6, 6.07) is 22.6. The van der Waals surface area contributed by atoms with Crippen molar-refractivity contribution in [1.82, 2.24) is 4.57 Å². The number of fused-ring (bicyclic) bond motifs is 1. The van der Waals surface area contributed by atoms with Gasteiger partial charge in [-0.2, -0.15) is 5.26 Å². The zero-order chi connectivity index (χ0) is 22.7. The summed E-state index contributed by atoms with van der Waals surface area (Å²) in [7, 11) is 0. The second kappa shape index (κ2) is 8.58. The van der Waals surface area contributed by atoms with E-state index in [1.807, 2.05) is 35.0 Å². The maximum absolute atomic E-state index is 11.1. The van der Waals surface area contributed by atoms with Crippen LogP contribution in [-0.4, -0.2) is 20.6 Å². The van der Waals surface area contributed by atoms with E-state index in [9.17, 15) is 20.2 Å². The Hall–Kier alpha value is -4.70. The first-order valence-corrected chi connectivity index (χ1v) is 9.73. The van der Waals surface area contributed by atoms with Gasteiger partial charge in [-0.05, 0) is 35.4 Å². The maximum Gasteiger partial charge on any atom is 0.335 e. The summed E-state index contributed by atoms with van der Waals surface area (Å²) < 4.78 is 2.03. The van der Waals surface area contributed by atoms with Crippen molar-refractivity contribution in [3.05, 3.63) is 111 Å². The molecule has 32 heavy (non-hydrogen) atoms. The van der Waals surface area contributed by atoms with Crippen LogP contribution in [0.15, 0.2) is 79.0 Å². The van der Waals surface area contributed by atoms with Gasteiger partial charge >= 0.3 is 5.97 Å². The fraction of sp³-hybridized carbons (Fsp3) is 0.0400. The molecule has 0 unspecified atom stereocenters. The number of rotatable bonds is 6. The van der Waals surface area contributed by atoms with Crippen LogP contribution in [0.4, 0.5) is 5.69 Å². The monoisotopic (exact) mass is 423 g/mol. The summed E-state index contributed by atoms with van der Waals surface area (Å²) in [5, 5.41) is 30.6. The van der Waals surface area contributed by atoms with Gasteiger partial charge in [0.15, 0.2) is 0 Å². The average molecular weight is 423 g/mol. The highest BCUT2D eigenvalue weighted by Crippen LogP contribution is 2.27. The van der Waals surface area contributed by atoms with Crippen molar-refractivity contribution in [2.75, 3.05) is 0 Å². The zero-order valence-corrected chi connectivity index (χ0v) is 16.8. The largest absolute Gasteiger partial charge is 0.478 e. The van der Waals surface area contributed by atoms with Crippen LogP contribution < -0.4 is 0 Å². The van der Waals surface area contributed by atoms with Gasteiger partial charge in [-0.3, -0.25) is 10.1 Å². The first kappa shape index (κ1) is 20.6. The van der Waals surface area contributed by atoms with Crippen LogP contribution in [0.1, 0.15) is 27.0 Å². The third kappa shape index (κ3) is 4.11. The number of carboxylic acid groups (broad SMARTS) is 1. The molecule has 0 spiro atoms. The van der Waals surface area contributed by atoms with Crippen molar-refractivity contribution in [2.24, 2.45) is 0 Å². The van der Waals surface area contributed by atoms with Gasteiger partial charge in [0.1, 0.15) is 0 Å². The van der Waals surface area contributed by atoms with Crippen LogP contribution in [-0.2, 0) is 6.54 Å². The molecule has 1 N–H and O–H groups in total. The zero-order valence-electron chi connectivity index (χ0n) is 16.8. The Morgan fingerprint density at radius 1 is 1.03 bits per heavy atom. The van der Waals surface area contributed by atoms with Crippen LogP contribution >= 0.6 is 0 Å². The topological polar surface area (TPSA) is 109 Å². The summed E-state index contributed by atoms with van der Waals surface area (Å²) in [4.78, 5) is 21.5. The number of para-hydroxylation sites is 1. The summed E-state index contributed by atoms with van der Waals surface area (Å²) in [5.41, 5.74) is 3.98. The fourth-order valence-electron chi connectivity index (χ4n) is 3.57. The standard InChI is InChI=1S/C25H17N3O4/c26-14-20(18-7-9-19(10-8-18)25(29)30)13-21-16-27(24-4-2-1-3-23(21)24)15-17-5-11-22(12-6-17)28(31)32/h1-13,16H,15H2,(H,29,30). The van der Waals surface area contributed by atoms with E-state index < -0.39 is 10.9 Å². The molecule has 0 saturated heterocycles. The smallest absolute Gasteiger partial charge is 0.335 e. The number of hydrogen-bond donors (Lipinski definition) is 1. The number of nitro groups is 1.